The Kier molecular flexibility index (Phi) is 5.44. The Bertz CT molecular complexity index is 1160. The van der Waals surface area contributed by atoms with Crippen molar-refractivity contribution in [1.29, 1.82) is 0 Å². The van der Waals surface area contributed by atoms with E-state index in [1.54, 1.807) is 11.3 Å². The molecule has 0 unspecified atom stereocenters. The molecule has 0 amide bonds. The van der Waals surface area contributed by atoms with Crippen LogP contribution in [0.4, 0.5) is 0 Å². The van der Waals surface area contributed by atoms with E-state index in [1.165, 1.54) is 11.1 Å². The van der Waals surface area contributed by atoms with Crippen molar-refractivity contribution < 1.29 is 9.47 Å². The molecule has 1 aliphatic heterocycles. The summed E-state index contributed by atoms with van der Waals surface area (Å²) in [6, 6.07) is 16.6. The second kappa shape index (κ2) is 8.53. The molecule has 7 heteroatoms. The van der Waals surface area contributed by atoms with Gasteiger partial charge in [-0.15, -0.1) is 11.3 Å². The van der Waals surface area contributed by atoms with Crippen LogP contribution in [0.25, 0.3) is 11.3 Å². The summed E-state index contributed by atoms with van der Waals surface area (Å²) in [5, 5.41) is 8.10. The molecule has 0 bridgehead atoms. The second-order valence-corrected chi connectivity index (χ2v) is 8.64. The lowest BCUT2D eigenvalue weighted by Gasteiger charge is -2.22. The fourth-order valence-corrected chi connectivity index (χ4v) is 4.51. The summed E-state index contributed by atoms with van der Waals surface area (Å²) in [6.45, 7) is 3.94. The Morgan fingerprint density at radius 3 is 2.77 bits per heavy atom. The number of hydrogen-bond donors (Lipinski definition) is 0. The van der Waals surface area contributed by atoms with Crippen LogP contribution in [0.1, 0.15) is 29.1 Å². The number of thiazole rings is 1. The molecule has 1 aliphatic rings. The molecule has 0 saturated heterocycles. The molecule has 4 aromatic rings. The molecular weight excluding hydrogens is 408 g/mol. The highest BCUT2D eigenvalue weighted by molar-refractivity contribution is 7.09. The first-order valence-corrected chi connectivity index (χ1v) is 11.2. The van der Waals surface area contributed by atoms with Gasteiger partial charge >= 0.3 is 0 Å². The van der Waals surface area contributed by atoms with Gasteiger partial charge < -0.3 is 9.47 Å². The number of hydrogen-bond acceptors (Lipinski definition) is 6. The Balaban J connectivity index is 1.47. The lowest BCUT2D eigenvalue weighted by Crippen LogP contribution is -2.21. The van der Waals surface area contributed by atoms with Crippen LogP contribution in [0, 0.1) is 0 Å². The molecule has 0 aliphatic carbocycles. The summed E-state index contributed by atoms with van der Waals surface area (Å²) >= 11 is 1.69. The Morgan fingerprint density at radius 1 is 1.13 bits per heavy atom. The van der Waals surface area contributed by atoms with Gasteiger partial charge in [-0.3, -0.25) is 9.58 Å². The summed E-state index contributed by atoms with van der Waals surface area (Å²) in [6.07, 6.45) is 4.01. The predicted octanol–water partition coefficient (Wildman–Crippen LogP) is 4.98. The van der Waals surface area contributed by atoms with Crippen molar-refractivity contribution in [3.8, 4) is 22.8 Å². The third kappa shape index (κ3) is 4.19. The lowest BCUT2D eigenvalue weighted by atomic mass is 10.1. The zero-order valence-electron chi connectivity index (χ0n) is 17.6. The normalized spacial score (nSPS) is 13.6. The molecule has 2 aromatic carbocycles. The summed E-state index contributed by atoms with van der Waals surface area (Å²) < 4.78 is 13.1. The van der Waals surface area contributed by atoms with Gasteiger partial charge in [0.2, 0.25) is 6.79 Å². The van der Waals surface area contributed by atoms with Gasteiger partial charge in [-0.2, -0.15) is 5.10 Å². The third-order valence-electron chi connectivity index (χ3n) is 5.56. The van der Waals surface area contributed by atoms with Crippen molar-refractivity contribution in [2.45, 2.75) is 26.1 Å². The highest BCUT2D eigenvalue weighted by atomic mass is 32.1. The number of benzene rings is 2. The maximum atomic E-state index is 5.60. The van der Waals surface area contributed by atoms with Crippen LogP contribution in [0.15, 0.2) is 66.3 Å². The minimum absolute atomic E-state index is 0.224. The molecule has 0 fully saturated rings. The Morgan fingerprint density at radius 2 is 1.97 bits per heavy atom. The highest BCUT2D eigenvalue weighted by Crippen LogP contribution is 2.37. The van der Waals surface area contributed by atoms with E-state index in [2.05, 4.69) is 60.4 Å². The highest BCUT2D eigenvalue weighted by Gasteiger charge is 2.21. The fourth-order valence-electron chi connectivity index (χ4n) is 3.75. The van der Waals surface area contributed by atoms with E-state index in [4.69, 9.17) is 14.6 Å². The minimum atomic E-state index is 0.224. The molecule has 2 aromatic heterocycles. The SMILES string of the molecule is C[C@H](c1nccs1)N(C)Cc1cn(Cc2ccccc2)nc1-c1ccc2c(c1)OCO2. The van der Waals surface area contributed by atoms with E-state index >= 15 is 0 Å². The molecule has 3 heterocycles. The van der Waals surface area contributed by atoms with Crippen molar-refractivity contribution in [2.24, 2.45) is 0 Å². The number of nitrogens with zero attached hydrogens (tertiary/aromatic N) is 4. The average molecular weight is 433 g/mol. The van der Waals surface area contributed by atoms with Gasteiger partial charge in [0.25, 0.3) is 0 Å². The summed E-state index contributed by atoms with van der Waals surface area (Å²) in [5.74, 6) is 1.55. The standard InChI is InChI=1S/C24H24N4O2S/c1-17(24-25-10-11-31-24)27(2)14-20-15-28(13-18-6-4-3-5-7-18)26-23(20)19-8-9-21-22(12-19)30-16-29-21/h3-12,15,17H,13-14,16H2,1-2H3/t17-/m1/s1. The van der Waals surface area contributed by atoms with Crippen LogP contribution in [0.3, 0.4) is 0 Å². The quantitative estimate of drug-likeness (QED) is 0.412. The van der Waals surface area contributed by atoms with E-state index in [1.807, 2.05) is 34.5 Å². The van der Waals surface area contributed by atoms with Gasteiger partial charge in [0.1, 0.15) is 5.01 Å². The van der Waals surface area contributed by atoms with Gasteiger partial charge in [0, 0.05) is 35.4 Å². The van der Waals surface area contributed by atoms with Crippen LogP contribution in [0.2, 0.25) is 0 Å². The first-order valence-electron chi connectivity index (χ1n) is 10.3. The summed E-state index contributed by atoms with van der Waals surface area (Å²) in [7, 11) is 2.13. The van der Waals surface area contributed by atoms with Gasteiger partial charge in [0.15, 0.2) is 11.5 Å². The molecular formula is C24H24N4O2S. The van der Waals surface area contributed by atoms with Gasteiger partial charge in [-0.1, -0.05) is 30.3 Å². The van der Waals surface area contributed by atoms with Crippen LogP contribution >= 0.6 is 11.3 Å². The molecule has 0 radical (unpaired) electrons. The Hall–Kier alpha value is -3.16. The predicted molar refractivity (Wildman–Crippen MR) is 121 cm³/mol. The molecule has 0 spiro atoms. The average Bonchev–Trinajstić information content (AvgIpc) is 3.54. The van der Waals surface area contributed by atoms with E-state index in [9.17, 15) is 0 Å². The topological polar surface area (TPSA) is 52.4 Å². The zero-order chi connectivity index (χ0) is 21.2. The van der Waals surface area contributed by atoms with E-state index < -0.39 is 0 Å². The van der Waals surface area contributed by atoms with Crippen LogP contribution in [0.5, 0.6) is 11.5 Å². The largest absolute Gasteiger partial charge is 0.454 e. The third-order valence-corrected chi connectivity index (χ3v) is 6.51. The van der Waals surface area contributed by atoms with Crippen molar-refractivity contribution in [2.75, 3.05) is 13.8 Å². The Labute approximate surface area is 185 Å². The van der Waals surface area contributed by atoms with Crippen molar-refractivity contribution in [3.05, 3.63) is 82.4 Å². The van der Waals surface area contributed by atoms with Gasteiger partial charge in [-0.25, -0.2) is 4.98 Å². The molecule has 31 heavy (non-hydrogen) atoms. The number of rotatable bonds is 7. The van der Waals surface area contributed by atoms with Crippen LogP contribution in [-0.4, -0.2) is 33.5 Å². The number of ether oxygens (including phenoxy) is 2. The fraction of sp³-hybridized carbons (Fsp3) is 0.250. The molecule has 1 atom stereocenters. The molecule has 6 nitrogen and oxygen atoms in total. The zero-order valence-corrected chi connectivity index (χ0v) is 18.4. The lowest BCUT2D eigenvalue weighted by molar-refractivity contribution is 0.174. The molecule has 158 valence electrons. The minimum Gasteiger partial charge on any atom is -0.454 e. The monoisotopic (exact) mass is 432 g/mol. The van der Waals surface area contributed by atoms with Gasteiger partial charge in [-0.05, 0) is 37.7 Å². The maximum Gasteiger partial charge on any atom is 0.231 e. The molecule has 0 saturated carbocycles. The molecule has 0 N–H and O–H groups in total. The number of aromatic nitrogens is 3. The molecule has 5 rings (SSSR count). The van der Waals surface area contributed by atoms with Crippen molar-refractivity contribution in [1.82, 2.24) is 19.7 Å². The first-order chi connectivity index (χ1) is 15.2. The van der Waals surface area contributed by atoms with Crippen LogP contribution < -0.4 is 9.47 Å². The van der Waals surface area contributed by atoms with Crippen LogP contribution in [-0.2, 0) is 13.1 Å². The summed E-state index contributed by atoms with van der Waals surface area (Å²) in [5.41, 5.74) is 4.38. The number of fused-ring (bicyclic) bond motifs is 1. The first kappa shape index (κ1) is 19.8. The van der Waals surface area contributed by atoms with E-state index in [0.29, 0.717) is 0 Å². The second-order valence-electron chi connectivity index (χ2n) is 7.72. The smallest absolute Gasteiger partial charge is 0.231 e. The van der Waals surface area contributed by atoms with E-state index in [0.717, 1.165) is 40.9 Å². The van der Waals surface area contributed by atoms with E-state index in [-0.39, 0.29) is 12.8 Å². The van der Waals surface area contributed by atoms with Gasteiger partial charge in [0.05, 0.1) is 18.3 Å². The van der Waals surface area contributed by atoms with Crippen molar-refractivity contribution in [3.63, 3.8) is 0 Å². The summed E-state index contributed by atoms with van der Waals surface area (Å²) in [4.78, 5) is 6.79. The maximum absolute atomic E-state index is 5.60. The van der Waals surface area contributed by atoms with Crippen molar-refractivity contribution >= 4 is 11.3 Å².